The van der Waals surface area contributed by atoms with Crippen LogP contribution in [0.5, 0.6) is 0 Å². The molecule has 0 spiro atoms. The second-order valence-corrected chi connectivity index (χ2v) is 15.1. The lowest BCUT2D eigenvalue weighted by Crippen LogP contribution is -2.10. The molecule has 0 saturated heterocycles. The molecule has 0 radical (unpaired) electrons. The molecule has 4 nitrogen and oxygen atoms in total. The van der Waals surface area contributed by atoms with Crippen LogP contribution in [0.2, 0.25) is 0 Å². The first-order valence-corrected chi connectivity index (χ1v) is 20.1. The zero-order valence-corrected chi connectivity index (χ0v) is 32.7. The molecule has 11 aromatic rings. The molecule has 0 aliphatic carbocycles. The molecule has 59 heavy (non-hydrogen) atoms. The minimum atomic E-state index is 1.07. The summed E-state index contributed by atoms with van der Waals surface area (Å²) in [5, 5.41) is 6.27. The highest BCUT2D eigenvalue weighted by atomic mass is 15.1. The van der Waals surface area contributed by atoms with Crippen LogP contribution in [-0.2, 0) is 0 Å². The Labute approximate surface area is 343 Å². The normalized spacial score (nSPS) is 11.8. The summed E-state index contributed by atoms with van der Waals surface area (Å²) in [4.78, 5) is 2.35. The Morgan fingerprint density at radius 2 is 0.678 bits per heavy atom. The molecular weight excluding hydrogens is 717 g/mol. The van der Waals surface area contributed by atoms with Crippen molar-refractivity contribution in [1.82, 2.24) is 13.7 Å². The first-order chi connectivity index (χ1) is 29.2. The van der Waals surface area contributed by atoms with Gasteiger partial charge in [0, 0.05) is 66.7 Å². The minimum absolute atomic E-state index is 1.07. The molecule has 3 aromatic heterocycles. The van der Waals surface area contributed by atoms with Gasteiger partial charge in [-0.05, 0) is 122 Å². The number of aromatic nitrogens is 3. The molecule has 8 aromatic carbocycles. The van der Waals surface area contributed by atoms with Crippen molar-refractivity contribution in [2.24, 2.45) is 0 Å². The van der Waals surface area contributed by atoms with Gasteiger partial charge in [-0.2, -0.15) is 0 Å². The number of hydrogen-bond acceptors (Lipinski definition) is 1. The Morgan fingerprint density at radius 3 is 1.03 bits per heavy atom. The van der Waals surface area contributed by atoms with Crippen LogP contribution in [-0.4, -0.2) is 13.7 Å². The standard InChI is InChI=1S/C55H40N4/c1-3-4-20-50-38(2)45-15-5-10-21-51(45)57(50)42-32-26-39(27-33-42)56(40-28-34-43(35-29-40)58-52-22-11-6-16-46(52)47-17-7-12-23-53(47)58)41-30-36-44(37-31-41)59-54-24-13-8-18-48(54)49-19-9-14-25-55(49)59/h3-37H,1H2,2H3/b20-4-. The fourth-order valence-electron chi connectivity index (χ4n) is 9.16. The van der Waals surface area contributed by atoms with Gasteiger partial charge in [-0.3, -0.25) is 0 Å². The van der Waals surface area contributed by atoms with Gasteiger partial charge in [0.1, 0.15) is 0 Å². The number of fused-ring (bicyclic) bond motifs is 7. The summed E-state index contributed by atoms with van der Waals surface area (Å²) in [5.74, 6) is 0. The van der Waals surface area contributed by atoms with E-state index >= 15 is 0 Å². The maximum atomic E-state index is 3.94. The average molecular weight is 757 g/mol. The highest BCUT2D eigenvalue weighted by Gasteiger charge is 2.19. The van der Waals surface area contributed by atoms with E-state index in [1.807, 2.05) is 12.2 Å². The minimum Gasteiger partial charge on any atom is -0.310 e. The zero-order chi connectivity index (χ0) is 39.5. The number of allylic oxidation sites excluding steroid dienone is 2. The summed E-state index contributed by atoms with van der Waals surface area (Å²) in [6.45, 7) is 6.14. The number of para-hydroxylation sites is 5. The van der Waals surface area contributed by atoms with Crippen molar-refractivity contribution in [2.75, 3.05) is 4.90 Å². The van der Waals surface area contributed by atoms with E-state index in [0.717, 1.165) is 39.8 Å². The van der Waals surface area contributed by atoms with Crippen molar-refractivity contribution in [3.05, 3.63) is 224 Å². The van der Waals surface area contributed by atoms with E-state index in [-0.39, 0.29) is 0 Å². The molecule has 0 saturated carbocycles. The molecule has 11 rings (SSSR count). The van der Waals surface area contributed by atoms with Gasteiger partial charge in [-0.15, -0.1) is 0 Å². The van der Waals surface area contributed by atoms with E-state index in [0.29, 0.717) is 0 Å². The molecule has 0 atom stereocenters. The van der Waals surface area contributed by atoms with Gasteiger partial charge in [0.25, 0.3) is 0 Å². The number of benzene rings is 8. The van der Waals surface area contributed by atoms with Crippen molar-refractivity contribution >= 4 is 77.7 Å². The summed E-state index contributed by atoms with van der Waals surface area (Å²) in [6.07, 6.45) is 6.00. The van der Waals surface area contributed by atoms with Gasteiger partial charge in [0.05, 0.1) is 27.6 Å². The van der Waals surface area contributed by atoms with Crippen molar-refractivity contribution in [1.29, 1.82) is 0 Å². The number of aryl methyl sites for hydroxylation is 1. The number of anilines is 3. The first-order valence-electron chi connectivity index (χ1n) is 20.1. The van der Waals surface area contributed by atoms with E-state index in [4.69, 9.17) is 0 Å². The fraction of sp³-hybridized carbons (Fsp3) is 0.0182. The fourth-order valence-corrected chi connectivity index (χ4v) is 9.16. The summed E-state index contributed by atoms with van der Waals surface area (Å²) in [5.41, 5.74) is 14.9. The first kappa shape index (κ1) is 34.4. The lowest BCUT2D eigenvalue weighted by Gasteiger charge is -2.26. The molecular formula is C55H40N4. The van der Waals surface area contributed by atoms with E-state index in [2.05, 4.69) is 232 Å². The van der Waals surface area contributed by atoms with Crippen molar-refractivity contribution < 1.29 is 0 Å². The van der Waals surface area contributed by atoms with E-state index < -0.39 is 0 Å². The quantitative estimate of drug-likeness (QED) is 0.141. The van der Waals surface area contributed by atoms with Gasteiger partial charge in [0.2, 0.25) is 0 Å². The van der Waals surface area contributed by atoms with Gasteiger partial charge in [-0.1, -0.05) is 110 Å². The summed E-state index contributed by atoms with van der Waals surface area (Å²) in [6, 6.07) is 70.2. The molecule has 0 aliphatic rings. The van der Waals surface area contributed by atoms with Crippen LogP contribution in [0.25, 0.3) is 77.7 Å². The molecule has 0 unspecified atom stereocenters. The zero-order valence-electron chi connectivity index (χ0n) is 32.7. The Hall–Kier alpha value is -7.82. The Morgan fingerprint density at radius 1 is 0.373 bits per heavy atom. The molecule has 0 N–H and O–H groups in total. The predicted octanol–water partition coefficient (Wildman–Crippen LogP) is 14.8. The maximum Gasteiger partial charge on any atom is 0.0541 e. The SMILES string of the molecule is C=C/C=C\c1c(C)c2ccccc2n1-c1ccc(N(c2ccc(-n3c4ccccc4c4ccccc43)cc2)c2ccc(-n3c4ccccc4c4ccccc43)cc2)cc1. The smallest absolute Gasteiger partial charge is 0.0541 e. The van der Waals surface area contributed by atoms with Crippen LogP contribution in [0.3, 0.4) is 0 Å². The average Bonchev–Trinajstić information content (AvgIpc) is 3.92. The van der Waals surface area contributed by atoms with Crippen LogP contribution in [0.1, 0.15) is 11.3 Å². The van der Waals surface area contributed by atoms with Gasteiger partial charge >= 0.3 is 0 Å². The second-order valence-electron chi connectivity index (χ2n) is 15.1. The number of hydrogen-bond donors (Lipinski definition) is 0. The largest absolute Gasteiger partial charge is 0.310 e. The van der Waals surface area contributed by atoms with E-state index in [1.54, 1.807) is 0 Å². The lowest BCUT2D eigenvalue weighted by atomic mass is 10.1. The third-order valence-electron chi connectivity index (χ3n) is 11.8. The summed E-state index contributed by atoms with van der Waals surface area (Å²) < 4.78 is 7.09. The molecule has 280 valence electrons. The van der Waals surface area contributed by atoms with Crippen molar-refractivity contribution in [2.45, 2.75) is 6.92 Å². The predicted molar refractivity (Wildman–Crippen MR) is 251 cm³/mol. The number of rotatable bonds is 8. The van der Waals surface area contributed by atoms with E-state index in [1.165, 1.54) is 60.1 Å². The highest BCUT2D eigenvalue weighted by Crippen LogP contribution is 2.40. The molecule has 0 aliphatic heterocycles. The maximum absolute atomic E-state index is 3.94. The summed E-state index contributed by atoms with van der Waals surface area (Å²) in [7, 11) is 0. The second kappa shape index (κ2) is 14.0. The Balaban J connectivity index is 1.05. The third-order valence-corrected chi connectivity index (χ3v) is 11.8. The lowest BCUT2D eigenvalue weighted by molar-refractivity contribution is 1.09. The number of nitrogens with zero attached hydrogens (tertiary/aromatic N) is 4. The van der Waals surface area contributed by atoms with E-state index in [9.17, 15) is 0 Å². The van der Waals surface area contributed by atoms with Crippen molar-refractivity contribution in [3.63, 3.8) is 0 Å². The van der Waals surface area contributed by atoms with Crippen LogP contribution in [0.15, 0.2) is 213 Å². The topological polar surface area (TPSA) is 18.0 Å². The summed E-state index contributed by atoms with van der Waals surface area (Å²) >= 11 is 0. The van der Waals surface area contributed by atoms with Crippen LogP contribution in [0.4, 0.5) is 17.1 Å². The molecule has 4 heteroatoms. The van der Waals surface area contributed by atoms with Crippen LogP contribution in [0, 0.1) is 6.92 Å². The molecule has 0 fully saturated rings. The van der Waals surface area contributed by atoms with Gasteiger partial charge in [-0.25, -0.2) is 0 Å². The van der Waals surface area contributed by atoms with Crippen LogP contribution >= 0.6 is 0 Å². The third kappa shape index (κ3) is 5.53. The Kier molecular flexibility index (Phi) is 8.16. The Bertz CT molecular complexity index is 3130. The van der Waals surface area contributed by atoms with Crippen molar-refractivity contribution in [3.8, 4) is 17.1 Å². The molecule has 0 bridgehead atoms. The monoisotopic (exact) mass is 756 g/mol. The molecule has 0 amide bonds. The molecule has 3 heterocycles. The highest BCUT2D eigenvalue weighted by molar-refractivity contribution is 6.10. The van der Waals surface area contributed by atoms with Gasteiger partial charge in [0.15, 0.2) is 0 Å². The van der Waals surface area contributed by atoms with Gasteiger partial charge < -0.3 is 18.6 Å². The van der Waals surface area contributed by atoms with Crippen LogP contribution < -0.4 is 4.90 Å².